The lowest BCUT2D eigenvalue weighted by Crippen LogP contribution is -2.37. The number of benzene rings is 2. The Morgan fingerprint density at radius 1 is 0.976 bits per heavy atom. The molecule has 1 fully saturated rings. The SMILES string of the molecule is CCOC(=O)Nc1cccc(Cn2nc(-c3ccc(C(=O)NC4CCC(CC(CC)CC)CC4)cc3)ccc2=O)c1. The van der Waals surface area contributed by atoms with E-state index in [2.05, 4.69) is 29.6 Å². The molecule has 8 nitrogen and oxygen atoms in total. The minimum Gasteiger partial charge on any atom is -0.450 e. The molecule has 1 aliphatic rings. The minimum absolute atomic E-state index is 0.0470. The normalized spacial score (nSPS) is 16.8. The van der Waals surface area contributed by atoms with Gasteiger partial charge in [-0.3, -0.25) is 14.9 Å². The predicted molar refractivity (Wildman–Crippen MR) is 162 cm³/mol. The number of aromatic nitrogens is 2. The van der Waals surface area contributed by atoms with Crippen molar-refractivity contribution in [2.75, 3.05) is 11.9 Å². The summed E-state index contributed by atoms with van der Waals surface area (Å²) in [4.78, 5) is 37.2. The summed E-state index contributed by atoms with van der Waals surface area (Å²) in [7, 11) is 0. The first-order chi connectivity index (χ1) is 19.9. The van der Waals surface area contributed by atoms with E-state index >= 15 is 0 Å². The van der Waals surface area contributed by atoms with Crippen LogP contribution in [-0.2, 0) is 11.3 Å². The summed E-state index contributed by atoms with van der Waals surface area (Å²) < 4.78 is 6.32. The molecule has 0 aliphatic heterocycles. The van der Waals surface area contributed by atoms with Gasteiger partial charge >= 0.3 is 6.09 Å². The van der Waals surface area contributed by atoms with Crippen LogP contribution in [0.25, 0.3) is 11.3 Å². The Balaban J connectivity index is 1.36. The van der Waals surface area contributed by atoms with Gasteiger partial charge in [0.2, 0.25) is 0 Å². The molecule has 1 saturated carbocycles. The second kappa shape index (κ2) is 14.6. The van der Waals surface area contributed by atoms with E-state index in [9.17, 15) is 14.4 Å². The maximum Gasteiger partial charge on any atom is 0.411 e. The molecule has 218 valence electrons. The van der Waals surface area contributed by atoms with E-state index in [0.29, 0.717) is 16.9 Å². The summed E-state index contributed by atoms with van der Waals surface area (Å²) in [6.45, 7) is 6.83. The van der Waals surface area contributed by atoms with Crippen LogP contribution >= 0.6 is 0 Å². The van der Waals surface area contributed by atoms with E-state index in [0.717, 1.165) is 35.8 Å². The van der Waals surface area contributed by atoms with Gasteiger partial charge in [0, 0.05) is 28.9 Å². The molecular weight excluding hydrogens is 516 g/mol. The molecule has 2 amide bonds. The summed E-state index contributed by atoms with van der Waals surface area (Å²) in [6, 6.07) is 18.0. The highest BCUT2D eigenvalue weighted by molar-refractivity contribution is 5.94. The van der Waals surface area contributed by atoms with Crippen molar-refractivity contribution >= 4 is 17.7 Å². The topological polar surface area (TPSA) is 102 Å². The molecule has 2 aromatic carbocycles. The van der Waals surface area contributed by atoms with Crippen molar-refractivity contribution in [3.63, 3.8) is 0 Å². The Hall–Kier alpha value is -3.94. The van der Waals surface area contributed by atoms with Gasteiger partial charge in [0.05, 0.1) is 18.8 Å². The maximum atomic E-state index is 12.9. The first kappa shape index (κ1) is 30.0. The molecule has 0 unspecified atom stereocenters. The first-order valence-electron chi connectivity index (χ1n) is 14.9. The Bertz CT molecular complexity index is 1360. The monoisotopic (exact) mass is 558 g/mol. The molecule has 1 aromatic heterocycles. The van der Waals surface area contributed by atoms with E-state index in [1.54, 1.807) is 31.2 Å². The van der Waals surface area contributed by atoms with Crippen molar-refractivity contribution in [2.45, 2.75) is 78.3 Å². The van der Waals surface area contributed by atoms with Crippen molar-refractivity contribution in [3.8, 4) is 11.3 Å². The van der Waals surface area contributed by atoms with Gasteiger partial charge in [0.25, 0.3) is 11.5 Å². The Morgan fingerprint density at radius 3 is 2.39 bits per heavy atom. The molecule has 3 aromatic rings. The smallest absolute Gasteiger partial charge is 0.411 e. The van der Waals surface area contributed by atoms with E-state index in [1.807, 2.05) is 30.3 Å². The van der Waals surface area contributed by atoms with E-state index in [4.69, 9.17) is 4.74 Å². The van der Waals surface area contributed by atoms with Crippen LogP contribution in [0.2, 0.25) is 0 Å². The van der Waals surface area contributed by atoms with Gasteiger partial charge in [-0.1, -0.05) is 51.0 Å². The predicted octanol–water partition coefficient (Wildman–Crippen LogP) is 6.64. The summed E-state index contributed by atoms with van der Waals surface area (Å²) >= 11 is 0. The first-order valence-corrected chi connectivity index (χ1v) is 14.9. The molecule has 2 N–H and O–H groups in total. The second-order valence-corrected chi connectivity index (χ2v) is 10.9. The number of hydrogen-bond donors (Lipinski definition) is 2. The minimum atomic E-state index is -0.529. The van der Waals surface area contributed by atoms with E-state index in [-0.39, 0.29) is 30.7 Å². The molecule has 0 saturated heterocycles. The molecule has 8 heteroatoms. The van der Waals surface area contributed by atoms with Crippen molar-refractivity contribution in [1.29, 1.82) is 0 Å². The van der Waals surface area contributed by atoms with Crippen LogP contribution in [0.15, 0.2) is 65.5 Å². The quantitative estimate of drug-likeness (QED) is 0.275. The highest BCUT2D eigenvalue weighted by Crippen LogP contribution is 2.31. The molecular formula is C33H42N4O4. The average molecular weight is 559 g/mol. The third kappa shape index (κ3) is 8.52. The number of ether oxygens (including phenoxy) is 1. The van der Waals surface area contributed by atoms with Crippen LogP contribution < -0.4 is 16.2 Å². The molecule has 0 radical (unpaired) electrons. The van der Waals surface area contributed by atoms with Gasteiger partial charge in [0.15, 0.2) is 0 Å². The largest absolute Gasteiger partial charge is 0.450 e. The number of carbonyl (C=O) groups is 2. The Kier molecular flexibility index (Phi) is 10.7. The molecule has 0 bridgehead atoms. The number of anilines is 1. The fourth-order valence-electron chi connectivity index (χ4n) is 5.62. The van der Waals surface area contributed by atoms with Crippen LogP contribution in [0.4, 0.5) is 10.5 Å². The Labute approximate surface area is 242 Å². The van der Waals surface area contributed by atoms with Crippen molar-refractivity contribution in [2.24, 2.45) is 11.8 Å². The van der Waals surface area contributed by atoms with Gasteiger partial charge in [-0.05, 0) is 86.8 Å². The fourth-order valence-corrected chi connectivity index (χ4v) is 5.62. The summed E-state index contributed by atoms with van der Waals surface area (Å²) in [6.07, 6.45) is 7.76. The third-order valence-corrected chi connectivity index (χ3v) is 8.09. The number of carbonyl (C=O) groups excluding carboxylic acids is 2. The number of nitrogens with one attached hydrogen (secondary N) is 2. The zero-order valence-corrected chi connectivity index (χ0v) is 24.4. The van der Waals surface area contributed by atoms with Crippen LogP contribution in [0, 0.1) is 11.8 Å². The number of nitrogens with zero attached hydrogens (tertiary/aromatic N) is 2. The molecule has 1 aliphatic carbocycles. The summed E-state index contributed by atoms with van der Waals surface area (Å²) in [5.74, 6) is 1.56. The van der Waals surface area contributed by atoms with Crippen LogP contribution in [-0.4, -0.2) is 34.4 Å². The zero-order chi connectivity index (χ0) is 29.2. The van der Waals surface area contributed by atoms with Gasteiger partial charge in [-0.25, -0.2) is 9.48 Å². The zero-order valence-electron chi connectivity index (χ0n) is 24.4. The lowest BCUT2D eigenvalue weighted by atomic mass is 9.79. The van der Waals surface area contributed by atoms with Crippen molar-refractivity contribution in [3.05, 3.63) is 82.1 Å². The van der Waals surface area contributed by atoms with Crippen LogP contribution in [0.3, 0.4) is 0 Å². The van der Waals surface area contributed by atoms with E-state index in [1.165, 1.54) is 42.9 Å². The lowest BCUT2D eigenvalue weighted by Gasteiger charge is -2.31. The fraction of sp³-hybridized carbons (Fsp3) is 0.455. The lowest BCUT2D eigenvalue weighted by molar-refractivity contribution is 0.0919. The average Bonchev–Trinajstić information content (AvgIpc) is 2.98. The molecule has 41 heavy (non-hydrogen) atoms. The van der Waals surface area contributed by atoms with E-state index < -0.39 is 6.09 Å². The molecule has 4 rings (SSSR count). The van der Waals surface area contributed by atoms with Crippen molar-refractivity contribution in [1.82, 2.24) is 15.1 Å². The standard InChI is InChI=1S/C33H42N4O4/c1-4-23(5-2)20-24-10-16-28(17-11-24)34-32(39)27-14-12-26(13-15-27)30-18-19-31(38)37(36-30)22-25-8-7-9-29(21-25)35-33(40)41-6-3/h7-9,12-15,18-19,21,23-24,28H,4-6,10-11,16-17,20,22H2,1-3H3,(H,34,39)(H,35,40). The Morgan fingerprint density at radius 2 is 1.71 bits per heavy atom. The second-order valence-electron chi connectivity index (χ2n) is 10.9. The van der Waals surface area contributed by atoms with Crippen molar-refractivity contribution < 1.29 is 14.3 Å². The van der Waals surface area contributed by atoms with Gasteiger partial charge in [-0.15, -0.1) is 0 Å². The molecule has 1 heterocycles. The highest BCUT2D eigenvalue weighted by atomic mass is 16.5. The van der Waals surface area contributed by atoms with Gasteiger partial charge in [0.1, 0.15) is 0 Å². The molecule has 0 atom stereocenters. The highest BCUT2D eigenvalue weighted by Gasteiger charge is 2.24. The summed E-state index contributed by atoms with van der Waals surface area (Å²) in [5, 5.41) is 10.5. The third-order valence-electron chi connectivity index (χ3n) is 8.09. The van der Waals surface area contributed by atoms with Gasteiger partial charge in [-0.2, -0.15) is 5.10 Å². The summed E-state index contributed by atoms with van der Waals surface area (Å²) in [5.41, 5.74) is 3.22. The van der Waals surface area contributed by atoms with Crippen LogP contribution in [0.5, 0.6) is 0 Å². The number of rotatable bonds is 11. The molecule has 0 spiro atoms. The van der Waals surface area contributed by atoms with Gasteiger partial charge < -0.3 is 10.1 Å². The number of amides is 2. The van der Waals surface area contributed by atoms with Crippen LogP contribution in [0.1, 0.15) is 81.6 Å². The maximum absolute atomic E-state index is 12.9. The number of hydrogen-bond acceptors (Lipinski definition) is 5.